The Morgan fingerprint density at radius 2 is 1.31 bits per heavy atom. The quantitative estimate of drug-likeness (QED) is 0.295. The minimum Gasteiger partial charge on any atom is -0.462 e. The van der Waals surface area contributed by atoms with Gasteiger partial charge in [-0.15, -0.1) is 11.3 Å². The number of esters is 2. The summed E-state index contributed by atoms with van der Waals surface area (Å²) in [5.41, 5.74) is 2.78. The van der Waals surface area contributed by atoms with Crippen LogP contribution in [0, 0.1) is 0 Å². The van der Waals surface area contributed by atoms with Gasteiger partial charge in [0, 0.05) is 16.8 Å². The maximum atomic E-state index is 13.5. The summed E-state index contributed by atoms with van der Waals surface area (Å²) in [6, 6.07) is 23.4. The van der Waals surface area contributed by atoms with Gasteiger partial charge in [0.25, 0.3) is 5.91 Å². The predicted octanol–water partition coefficient (Wildman–Crippen LogP) is 6.08. The first-order valence-corrected chi connectivity index (χ1v) is 12.2. The van der Waals surface area contributed by atoms with E-state index < -0.39 is 17.8 Å². The molecule has 36 heavy (non-hydrogen) atoms. The predicted molar refractivity (Wildman–Crippen MR) is 139 cm³/mol. The fourth-order valence-electron chi connectivity index (χ4n) is 3.52. The van der Waals surface area contributed by atoms with Crippen LogP contribution in [-0.4, -0.2) is 36.0 Å². The molecule has 1 heterocycles. The first kappa shape index (κ1) is 24.8. The number of amides is 1. The Morgan fingerprint density at radius 1 is 0.778 bits per heavy atom. The summed E-state index contributed by atoms with van der Waals surface area (Å²) in [6.07, 6.45) is 0. The molecule has 0 saturated heterocycles. The number of nitrogens with zero attached hydrogens (tertiary/aromatic N) is 1. The third-order valence-corrected chi connectivity index (χ3v) is 6.22. The molecule has 7 nitrogen and oxygen atoms in total. The van der Waals surface area contributed by atoms with E-state index in [1.54, 1.807) is 13.8 Å². The lowest BCUT2D eigenvalue weighted by molar-refractivity contribution is 0.0525. The molecule has 0 spiro atoms. The number of ether oxygens (including phenoxy) is 2. The topological polar surface area (TPSA) is 94.6 Å². The van der Waals surface area contributed by atoms with Crippen LogP contribution in [0.5, 0.6) is 0 Å². The van der Waals surface area contributed by atoms with E-state index in [0.29, 0.717) is 15.6 Å². The summed E-state index contributed by atoms with van der Waals surface area (Å²) >= 11 is 1.27. The fraction of sp³-hybridized carbons (Fsp3) is 0.143. The molecule has 0 aliphatic carbocycles. The van der Waals surface area contributed by atoms with E-state index in [0.717, 1.165) is 11.1 Å². The van der Waals surface area contributed by atoms with Crippen LogP contribution in [0.1, 0.15) is 44.2 Å². The van der Waals surface area contributed by atoms with Crippen molar-refractivity contribution < 1.29 is 23.9 Å². The number of carbonyl (C=O) groups is 3. The van der Waals surface area contributed by atoms with Crippen LogP contribution < -0.4 is 5.32 Å². The zero-order valence-corrected chi connectivity index (χ0v) is 20.6. The minimum absolute atomic E-state index is 0.135. The summed E-state index contributed by atoms with van der Waals surface area (Å²) in [4.78, 5) is 43.4. The van der Waals surface area contributed by atoms with Gasteiger partial charge >= 0.3 is 11.9 Å². The Bertz CT molecular complexity index is 1350. The van der Waals surface area contributed by atoms with Gasteiger partial charge in [-0.2, -0.15) is 0 Å². The molecule has 0 saturated carbocycles. The molecule has 0 aliphatic heterocycles. The normalized spacial score (nSPS) is 10.5. The molecule has 8 heteroatoms. The van der Waals surface area contributed by atoms with Gasteiger partial charge in [0.1, 0.15) is 9.88 Å². The van der Waals surface area contributed by atoms with Crippen molar-refractivity contribution in [1.29, 1.82) is 0 Å². The van der Waals surface area contributed by atoms with Crippen molar-refractivity contribution in [1.82, 2.24) is 4.98 Å². The second-order valence-corrected chi connectivity index (χ2v) is 8.62. The Hall–Kier alpha value is -4.30. The maximum absolute atomic E-state index is 13.5. The number of hydrogen-bond acceptors (Lipinski definition) is 7. The molecule has 0 fully saturated rings. The lowest BCUT2D eigenvalue weighted by Crippen LogP contribution is -2.15. The molecule has 3 aromatic carbocycles. The lowest BCUT2D eigenvalue weighted by Gasteiger charge is -2.10. The van der Waals surface area contributed by atoms with Gasteiger partial charge in [0.05, 0.1) is 30.0 Å². The van der Waals surface area contributed by atoms with Crippen LogP contribution >= 0.6 is 11.3 Å². The van der Waals surface area contributed by atoms with E-state index in [9.17, 15) is 14.4 Å². The maximum Gasteiger partial charge on any atom is 0.338 e. The van der Waals surface area contributed by atoms with Gasteiger partial charge < -0.3 is 14.8 Å². The Morgan fingerprint density at radius 3 is 1.83 bits per heavy atom. The van der Waals surface area contributed by atoms with E-state index in [1.165, 1.54) is 29.5 Å². The number of carbonyl (C=O) groups excluding carboxylic acids is 3. The number of aromatic nitrogens is 1. The standard InChI is InChI=1S/C28H24N2O5S/c1-3-34-27(32)20-15-21(28(33)35-4-2)17-22(16-20)29-25(31)24-23(18-11-7-5-8-12-18)30-26(36-24)19-13-9-6-10-14-19/h5-17H,3-4H2,1-2H3,(H,29,31). The first-order chi connectivity index (χ1) is 17.5. The van der Waals surface area contributed by atoms with E-state index >= 15 is 0 Å². The van der Waals surface area contributed by atoms with Crippen LogP contribution in [0.3, 0.4) is 0 Å². The van der Waals surface area contributed by atoms with Gasteiger partial charge in [0.15, 0.2) is 0 Å². The van der Waals surface area contributed by atoms with Crippen LogP contribution in [-0.2, 0) is 9.47 Å². The highest BCUT2D eigenvalue weighted by Crippen LogP contribution is 2.34. The van der Waals surface area contributed by atoms with Crippen molar-refractivity contribution in [3.8, 4) is 21.8 Å². The largest absolute Gasteiger partial charge is 0.462 e. The fourth-order valence-corrected chi connectivity index (χ4v) is 4.51. The summed E-state index contributed by atoms with van der Waals surface area (Å²) < 4.78 is 10.2. The van der Waals surface area contributed by atoms with Crippen LogP contribution in [0.25, 0.3) is 21.8 Å². The second kappa shape index (κ2) is 11.4. The van der Waals surface area contributed by atoms with Crippen LogP contribution in [0.15, 0.2) is 78.9 Å². The SMILES string of the molecule is CCOC(=O)c1cc(NC(=O)c2sc(-c3ccccc3)nc2-c2ccccc2)cc(C(=O)OCC)c1. The Kier molecular flexibility index (Phi) is 7.87. The second-order valence-electron chi connectivity index (χ2n) is 7.62. The van der Waals surface area contributed by atoms with Crippen molar-refractivity contribution in [2.75, 3.05) is 18.5 Å². The van der Waals surface area contributed by atoms with E-state index in [-0.39, 0.29) is 30.0 Å². The third-order valence-electron chi connectivity index (χ3n) is 5.11. The van der Waals surface area contributed by atoms with Crippen LogP contribution in [0.2, 0.25) is 0 Å². The number of thiazole rings is 1. The average Bonchev–Trinajstić information content (AvgIpc) is 3.36. The molecule has 4 aromatic rings. The number of anilines is 1. The molecule has 4 rings (SSSR count). The minimum atomic E-state index is -0.603. The van der Waals surface area contributed by atoms with Crippen molar-refractivity contribution in [2.45, 2.75) is 13.8 Å². The van der Waals surface area contributed by atoms with Crippen molar-refractivity contribution in [3.05, 3.63) is 94.9 Å². The highest BCUT2D eigenvalue weighted by Gasteiger charge is 2.22. The molecule has 0 aliphatic rings. The molecule has 1 amide bonds. The van der Waals surface area contributed by atoms with Crippen molar-refractivity contribution in [2.24, 2.45) is 0 Å². The average molecular weight is 501 g/mol. The molecular formula is C28H24N2O5S. The molecule has 182 valence electrons. The monoisotopic (exact) mass is 500 g/mol. The van der Waals surface area contributed by atoms with Crippen LogP contribution in [0.4, 0.5) is 5.69 Å². The van der Waals surface area contributed by atoms with Gasteiger partial charge in [-0.25, -0.2) is 14.6 Å². The highest BCUT2D eigenvalue weighted by molar-refractivity contribution is 7.17. The zero-order valence-electron chi connectivity index (χ0n) is 19.8. The molecule has 0 atom stereocenters. The number of benzene rings is 3. The third kappa shape index (κ3) is 5.67. The summed E-state index contributed by atoms with van der Waals surface area (Å²) in [5, 5.41) is 3.52. The van der Waals surface area contributed by atoms with E-state index in [4.69, 9.17) is 14.5 Å². The summed E-state index contributed by atoms with van der Waals surface area (Å²) in [6.45, 7) is 3.73. The molecule has 1 aromatic heterocycles. The lowest BCUT2D eigenvalue weighted by atomic mass is 10.1. The molecule has 0 unspecified atom stereocenters. The molecule has 0 bridgehead atoms. The van der Waals surface area contributed by atoms with Crippen molar-refractivity contribution in [3.63, 3.8) is 0 Å². The van der Waals surface area contributed by atoms with E-state index in [1.807, 2.05) is 60.7 Å². The number of hydrogen-bond donors (Lipinski definition) is 1. The van der Waals surface area contributed by atoms with Crippen molar-refractivity contribution >= 4 is 34.9 Å². The van der Waals surface area contributed by atoms with Gasteiger partial charge in [-0.1, -0.05) is 60.7 Å². The summed E-state index contributed by atoms with van der Waals surface area (Å²) in [7, 11) is 0. The van der Waals surface area contributed by atoms with E-state index in [2.05, 4.69) is 5.32 Å². The zero-order chi connectivity index (χ0) is 25.5. The molecule has 1 N–H and O–H groups in total. The number of rotatable bonds is 8. The van der Waals surface area contributed by atoms with Gasteiger partial charge in [-0.3, -0.25) is 4.79 Å². The smallest absolute Gasteiger partial charge is 0.338 e. The highest BCUT2D eigenvalue weighted by atomic mass is 32.1. The Labute approximate surface area is 212 Å². The molecule has 0 radical (unpaired) electrons. The van der Waals surface area contributed by atoms with Gasteiger partial charge in [0.2, 0.25) is 0 Å². The summed E-state index contributed by atoms with van der Waals surface area (Å²) in [5.74, 6) is -1.62. The van der Waals surface area contributed by atoms with Gasteiger partial charge in [-0.05, 0) is 32.0 Å². The Balaban J connectivity index is 1.73. The molecular weight excluding hydrogens is 476 g/mol. The number of nitrogens with one attached hydrogen (secondary N) is 1. The first-order valence-electron chi connectivity index (χ1n) is 11.4.